The molecule has 2 aromatic carbocycles. The second-order valence-corrected chi connectivity index (χ2v) is 6.16. The summed E-state index contributed by atoms with van der Waals surface area (Å²) < 4.78 is 5.41. The van der Waals surface area contributed by atoms with Crippen LogP contribution in [-0.2, 0) is 6.54 Å². The first-order valence-corrected chi connectivity index (χ1v) is 8.44. The molecular weight excluding hydrogens is 318 g/mol. The summed E-state index contributed by atoms with van der Waals surface area (Å²) in [7, 11) is 1.62. The first-order chi connectivity index (χ1) is 11.8. The zero-order valence-corrected chi connectivity index (χ0v) is 14.1. The number of ether oxygens (including phenoxy) is 1. The zero-order chi connectivity index (χ0) is 16.8. The Hall–Kier alpha value is -2.68. The van der Waals surface area contributed by atoms with Crippen molar-refractivity contribution in [3.63, 3.8) is 0 Å². The summed E-state index contributed by atoms with van der Waals surface area (Å²) in [6, 6.07) is 17.9. The summed E-state index contributed by atoms with van der Waals surface area (Å²) >= 11 is 1.63. The largest absolute Gasteiger partial charge is 0.496 e. The van der Waals surface area contributed by atoms with Crippen molar-refractivity contribution in [3.8, 4) is 11.8 Å². The van der Waals surface area contributed by atoms with Crippen LogP contribution in [0.4, 0.5) is 0 Å². The molecule has 1 N–H and O–H groups in total. The van der Waals surface area contributed by atoms with Crippen molar-refractivity contribution in [1.82, 2.24) is 10.3 Å². The monoisotopic (exact) mass is 335 g/mol. The van der Waals surface area contributed by atoms with Crippen molar-refractivity contribution in [1.29, 1.82) is 5.26 Å². The molecule has 1 aromatic heterocycles. The van der Waals surface area contributed by atoms with Gasteiger partial charge in [0.2, 0.25) is 0 Å². The first kappa shape index (κ1) is 16.2. The molecule has 4 nitrogen and oxygen atoms in total. The Bertz CT molecular complexity index is 826. The van der Waals surface area contributed by atoms with E-state index in [0.717, 1.165) is 10.6 Å². The van der Waals surface area contributed by atoms with Crippen LogP contribution in [-0.4, -0.2) is 12.1 Å². The molecule has 0 amide bonds. The lowest BCUT2D eigenvalue weighted by atomic mass is 10.1. The number of methoxy groups -OCH3 is 1. The molecule has 1 unspecified atom stereocenters. The molecule has 0 aliphatic heterocycles. The van der Waals surface area contributed by atoms with E-state index in [4.69, 9.17) is 10.00 Å². The maximum atomic E-state index is 9.01. The molecule has 24 heavy (non-hydrogen) atoms. The van der Waals surface area contributed by atoms with Gasteiger partial charge < -0.3 is 10.1 Å². The lowest BCUT2D eigenvalue weighted by molar-refractivity contribution is 0.406. The molecule has 0 saturated carbocycles. The van der Waals surface area contributed by atoms with Crippen molar-refractivity contribution >= 4 is 11.3 Å². The second-order valence-electron chi connectivity index (χ2n) is 5.23. The number of rotatable bonds is 6. The Morgan fingerprint density at radius 2 is 2.08 bits per heavy atom. The van der Waals surface area contributed by atoms with E-state index in [9.17, 15) is 0 Å². The van der Waals surface area contributed by atoms with Crippen LogP contribution in [0.1, 0.15) is 27.7 Å². The van der Waals surface area contributed by atoms with Crippen LogP contribution in [0.25, 0.3) is 0 Å². The van der Waals surface area contributed by atoms with E-state index in [2.05, 4.69) is 28.5 Å². The van der Waals surface area contributed by atoms with Crippen molar-refractivity contribution in [3.05, 3.63) is 81.8 Å². The number of nitrogens with zero attached hydrogens (tertiary/aromatic N) is 2. The maximum Gasteiger partial charge on any atom is 0.124 e. The molecule has 0 fully saturated rings. The van der Waals surface area contributed by atoms with Crippen molar-refractivity contribution in [2.75, 3.05) is 7.11 Å². The van der Waals surface area contributed by atoms with Crippen LogP contribution in [0.5, 0.6) is 5.75 Å². The average molecular weight is 335 g/mol. The molecular formula is C19H17N3OS. The fraction of sp³-hybridized carbons (Fsp3) is 0.158. The molecule has 1 atom stereocenters. The Kier molecular flexibility index (Phi) is 5.22. The number of hydrogen-bond donors (Lipinski definition) is 1. The van der Waals surface area contributed by atoms with E-state index < -0.39 is 0 Å². The topological polar surface area (TPSA) is 57.9 Å². The van der Waals surface area contributed by atoms with Crippen molar-refractivity contribution in [2.45, 2.75) is 12.6 Å². The summed E-state index contributed by atoms with van der Waals surface area (Å²) in [5, 5.41) is 15.6. The number of thiazole rings is 1. The maximum absolute atomic E-state index is 9.01. The quantitative estimate of drug-likeness (QED) is 0.742. The Morgan fingerprint density at radius 1 is 1.25 bits per heavy atom. The van der Waals surface area contributed by atoms with Gasteiger partial charge in [-0.15, -0.1) is 11.3 Å². The van der Waals surface area contributed by atoms with Crippen LogP contribution >= 0.6 is 11.3 Å². The Morgan fingerprint density at radius 3 is 2.75 bits per heavy atom. The van der Waals surface area contributed by atoms with Gasteiger partial charge in [0.25, 0.3) is 0 Å². The molecule has 0 bridgehead atoms. The third kappa shape index (κ3) is 3.62. The molecule has 0 spiro atoms. The number of nitrogens with one attached hydrogen (secondary N) is 1. The Labute approximate surface area is 145 Å². The minimum atomic E-state index is 0.0200. The molecule has 3 rings (SSSR count). The van der Waals surface area contributed by atoms with E-state index in [1.165, 1.54) is 5.56 Å². The third-order valence-corrected chi connectivity index (χ3v) is 4.58. The normalized spacial score (nSPS) is 11.7. The molecule has 120 valence electrons. The van der Waals surface area contributed by atoms with E-state index in [1.807, 2.05) is 35.8 Å². The summed E-state index contributed by atoms with van der Waals surface area (Å²) in [4.78, 5) is 4.46. The van der Waals surface area contributed by atoms with Gasteiger partial charge in [-0.3, -0.25) is 0 Å². The van der Waals surface area contributed by atoms with Crippen LogP contribution in [0.15, 0.2) is 60.1 Å². The summed E-state index contributed by atoms with van der Waals surface area (Å²) in [6.07, 6.45) is 1.82. The van der Waals surface area contributed by atoms with Gasteiger partial charge in [0, 0.05) is 23.7 Å². The SMILES string of the molecule is COc1cc(C#N)ccc1CNC(c1ccccc1)c1nccs1. The second kappa shape index (κ2) is 7.73. The van der Waals surface area contributed by atoms with Crippen LogP contribution in [0, 0.1) is 11.3 Å². The number of hydrogen-bond acceptors (Lipinski definition) is 5. The highest BCUT2D eigenvalue weighted by Crippen LogP contribution is 2.26. The summed E-state index contributed by atoms with van der Waals surface area (Å²) in [5.41, 5.74) is 2.77. The third-order valence-electron chi connectivity index (χ3n) is 3.74. The summed E-state index contributed by atoms with van der Waals surface area (Å²) in [5.74, 6) is 0.715. The van der Waals surface area contributed by atoms with E-state index in [1.54, 1.807) is 30.6 Å². The van der Waals surface area contributed by atoms with Gasteiger partial charge in [0.1, 0.15) is 10.8 Å². The van der Waals surface area contributed by atoms with Gasteiger partial charge in [0.15, 0.2) is 0 Å². The highest BCUT2D eigenvalue weighted by Gasteiger charge is 2.16. The standard InChI is InChI=1S/C19H17N3OS/c1-23-17-11-14(12-20)7-8-16(17)13-22-18(19-21-9-10-24-19)15-5-3-2-4-6-15/h2-11,18,22H,13H2,1H3. The molecule has 0 aliphatic rings. The van der Waals surface area contributed by atoms with Gasteiger partial charge in [-0.05, 0) is 17.7 Å². The van der Waals surface area contributed by atoms with Gasteiger partial charge in [-0.1, -0.05) is 36.4 Å². The highest BCUT2D eigenvalue weighted by molar-refractivity contribution is 7.09. The van der Waals surface area contributed by atoms with Gasteiger partial charge in [0.05, 0.1) is 24.8 Å². The van der Waals surface area contributed by atoms with E-state index in [0.29, 0.717) is 17.9 Å². The minimum Gasteiger partial charge on any atom is -0.496 e. The van der Waals surface area contributed by atoms with Gasteiger partial charge in [-0.25, -0.2) is 4.98 Å². The van der Waals surface area contributed by atoms with E-state index in [-0.39, 0.29) is 6.04 Å². The van der Waals surface area contributed by atoms with Crippen LogP contribution < -0.4 is 10.1 Å². The molecule has 3 aromatic rings. The number of aromatic nitrogens is 1. The zero-order valence-electron chi connectivity index (χ0n) is 13.3. The van der Waals surface area contributed by atoms with Gasteiger partial charge >= 0.3 is 0 Å². The fourth-order valence-electron chi connectivity index (χ4n) is 2.54. The predicted octanol–water partition coefficient (Wildman–Crippen LogP) is 3.90. The minimum absolute atomic E-state index is 0.0200. The fourth-order valence-corrected chi connectivity index (χ4v) is 3.28. The smallest absolute Gasteiger partial charge is 0.124 e. The molecule has 1 heterocycles. The average Bonchev–Trinajstić information content (AvgIpc) is 3.17. The lowest BCUT2D eigenvalue weighted by Crippen LogP contribution is -2.22. The highest BCUT2D eigenvalue weighted by atomic mass is 32.1. The van der Waals surface area contributed by atoms with Crippen LogP contribution in [0.2, 0.25) is 0 Å². The predicted molar refractivity (Wildman–Crippen MR) is 94.9 cm³/mol. The molecule has 0 radical (unpaired) electrons. The Balaban J connectivity index is 1.84. The lowest BCUT2D eigenvalue weighted by Gasteiger charge is -2.18. The van der Waals surface area contributed by atoms with E-state index >= 15 is 0 Å². The number of benzene rings is 2. The molecule has 5 heteroatoms. The molecule has 0 aliphatic carbocycles. The first-order valence-electron chi connectivity index (χ1n) is 7.56. The van der Waals surface area contributed by atoms with Crippen LogP contribution in [0.3, 0.4) is 0 Å². The molecule has 0 saturated heterocycles. The van der Waals surface area contributed by atoms with Crippen molar-refractivity contribution in [2.24, 2.45) is 0 Å². The number of nitriles is 1. The summed E-state index contributed by atoms with van der Waals surface area (Å²) in [6.45, 7) is 0.619. The van der Waals surface area contributed by atoms with Crippen molar-refractivity contribution < 1.29 is 4.74 Å². The van der Waals surface area contributed by atoms with Gasteiger partial charge in [-0.2, -0.15) is 5.26 Å².